The normalized spacial score (nSPS) is 22.4. The molecule has 1 unspecified atom stereocenters. The summed E-state index contributed by atoms with van der Waals surface area (Å²) in [6, 6.07) is 1.46. The Labute approximate surface area is 144 Å². The fourth-order valence-corrected chi connectivity index (χ4v) is 3.50. The van der Waals surface area contributed by atoms with Crippen LogP contribution in [0.4, 0.5) is 4.39 Å². The zero-order valence-electron chi connectivity index (χ0n) is 13.6. The molecule has 1 fully saturated rings. The predicted octanol–water partition coefficient (Wildman–Crippen LogP) is 3.05. The molecular formula is C17H17ClFN3O2. The van der Waals surface area contributed by atoms with Crippen molar-refractivity contribution >= 4 is 23.4 Å². The van der Waals surface area contributed by atoms with Crippen LogP contribution >= 0.6 is 11.6 Å². The molecule has 0 bridgehead atoms. The van der Waals surface area contributed by atoms with E-state index in [1.807, 2.05) is 13.8 Å². The number of allylic oxidation sites excluding steroid dienone is 3. The molecule has 1 aromatic heterocycles. The number of pyridine rings is 1. The number of likely N-dealkylation sites (tertiary alicyclic amines) is 1. The van der Waals surface area contributed by atoms with Crippen LogP contribution in [0.3, 0.4) is 0 Å². The van der Waals surface area contributed by atoms with E-state index in [1.165, 1.54) is 23.4 Å². The predicted molar refractivity (Wildman–Crippen MR) is 87.6 cm³/mol. The first-order chi connectivity index (χ1) is 11.2. The van der Waals surface area contributed by atoms with Crippen LogP contribution in [0.1, 0.15) is 30.6 Å². The fraction of sp³-hybridized carbons (Fsp3) is 0.353. The largest absolute Gasteiger partial charge is 0.320 e. The van der Waals surface area contributed by atoms with Crippen LogP contribution < -0.4 is 5.32 Å². The Kier molecular flexibility index (Phi) is 3.95. The minimum atomic E-state index is -0.665. The Balaban J connectivity index is 1.90. The number of nitrogens with one attached hydrogen (secondary N) is 1. The van der Waals surface area contributed by atoms with E-state index in [4.69, 9.17) is 11.6 Å². The van der Waals surface area contributed by atoms with Gasteiger partial charge in [0.05, 0.1) is 27.4 Å². The number of rotatable bonds is 2. The molecule has 126 valence electrons. The molecular weight excluding hydrogens is 333 g/mol. The summed E-state index contributed by atoms with van der Waals surface area (Å²) in [5.41, 5.74) is -0.0641. The van der Waals surface area contributed by atoms with Gasteiger partial charge < -0.3 is 10.2 Å². The first kappa shape index (κ1) is 16.6. The Morgan fingerprint density at radius 1 is 1.50 bits per heavy atom. The molecule has 1 aliphatic heterocycles. The van der Waals surface area contributed by atoms with Crippen molar-refractivity contribution in [3.8, 4) is 0 Å². The molecule has 0 spiro atoms. The number of carbonyl (C=O) groups excluding carboxylic acids is 2. The molecule has 2 amide bonds. The van der Waals surface area contributed by atoms with Crippen molar-refractivity contribution in [2.24, 2.45) is 11.3 Å². The van der Waals surface area contributed by atoms with Crippen LogP contribution in [0.15, 0.2) is 41.8 Å². The minimum Gasteiger partial charge on any atom is -0.320 e. The first-order valence-electron chi connectivity index (χ1n) is 7.54. The molecule has 1 saturated heterocycles. The first-order valence-corrected chi connectivity index (χ1v) is 7.92. The molecule has 0 saturated carbocycles. The Morgan fingerprint density at radius 2 is 2.21 bits per heavy atom. The highest BCUT2D eigenvalue weighted by atomic mass is 35.5. The maximum absolute atomic E-state index is 14.9. The second kappa shape index (κ2) is 5.70. The van der Waals surface area contributed by atoms with E-state index in [9.17, 15) is 14.0 Å². The molecule has 0 aromatic carbocycles. The fourth-order valence-electron chi connectivity index (χ4n) is 3.29. The van der Waals surface area contributed by atoms with Gasteiger partial charge in [0.15, 0.2) is 5.83 Å². The molecule has 0 radical (unpaired) electrons. The Bertz CT molecular complexity index is 801. The quantitative estimate of drug-likeness (QED) is 0.892. The number of carbonyl (C=O) groups is 2. The van der Waals surface area contributed by atoms with Crippen molar-refractivity contribution < 1.29 is 14.0 Å². The van der Waals surface area contributed by atoms with E-state index >= 15 is 0 Å². The lowest BCUT2D eigenvalue weighted by Gasteiger charge is -2.26. The molecule has 24 heavy (non-hydrogen) atoms. The third kappa shape index (κ3) is 2.41. The molecule has 1 aromatic rings. The Morgan fingerprint density at radius 3 is 2.88 bits per heavy atom. The van der Waals surface area contributed by atoms with Gasteiger partial charge in [-0.15, -0.1) is 0 Å². The van der Waals surface area contributed by atoms with Crippen molar-refractivity contribution in [1.29, 1.82) is 0 Å². The molecule has 1 N–H and O–H groups in total. The summed E-state index contributed by atoms with van der Waals surface area (Å²) < 4.78 is 14.9. The van der Waals surface area contributed by atoms with Crippen LogP contribution in [0.25, 0.3) is 0 Å². The average molecular weight is 350 g/mol. The number of aromatic nitrogens is 1. The van der Waals surface area contributed by atoms with E-state index in [1.54, 1.807) is 13.1 Å². The number of halogens is 2. The van der Waals surface area contributed by atoms with Gasteiger partial charge in [0.25, 0.3) is 5.91 Å². The highest BCUT2D eigenvalue weighted by molar-refractivity contribution is 6.33. The third-order valence-corrected chi connectivity index (χ3v) is 5.00. The molecule has 5 nitrogen and oxygen atoms in total. The summed E-state index contributed by atoms with van der Waals surface area (Å²) >= 11 is 5.94. The van der Waals surface area contributed by atoms with Gasteiger partial charge in [0.1, 0.15) is 0 Å². The number of hydrogen-bond donors (Lipinski definition) is 1. The second-order valence-corrected chi connectivity index (χ2v) is 6.91. The molecule has 1 aliphatic carbocycles. The van der Waals surface area contributed by atoms with E-state index < -0.39 is 17.1 Å². The summed E-state index contributed by atoms with van der Waals surface area (Å²) in [5, 5.41) is 2.73. The van der Waals surface area contributed by atoms with E-state index in [0.29, 0.717) is 12.1 Å². The van der Waals surface area contributed by atoms with Crippen LogP contribution in [0.5, 0.6) is 0 Å². The smallest absolute Gasteiger partial charge is 0.257 e. The number of amides is 2. The van der Waals surface area contributed by atoms with Gasteiger partial charge in [-0.1, -0.05) is 31.5 Å². The standard InChI is InChI=1S/C17H17ClFN3O2/c1-17(2)10-4-5-12(13(19)14(10)22(3)16(17)24)21-15(23)9-6-7-20-8-11(9)18/h5-8,10H,4H2,1-3H3,(H,21,23). The van der Waals surface area contributed by atoms with Crippen LogP contribution in [-0.4, -0.2) is 28.7 Å². The monoisotopic (exact) mass is 349 g/mol. The summed E-state index contributed by atoms with van der Waals surface area (Å²) in [4.78, 5) is 29.8. The van der Waals surface area contributed by atoms with Crippen LogP contribution in [-0.2, 0) is 4.79 Å². The van der Waals surface area contributed by atoms with E-state index in [0.717, 1.165) is 0 Å². The maximum atomic E-state index is 14.9. The van der Waals surface area contributed by atoms with Gasteiger partial charge in [-0.3, -0.25) is 14.6 Å². The van der Waals surface area contributed by atoms with Crippen molar-refractivity contribution in [3.63, 3.8) is 0 Å². The topological polar surface area (TPSA) is 62.3 Å². The number of nitrogens with zero attached hydrogens (tertiary/aromatic N) is 2. The highest BCUT2D eigenvalue weighted by Gasteiger charge is 2.51. The van der Waals surface area contributed by atoms with Crippen molar-refractivity contribution in [3.05, 3.63) is 52.3 Å². The van der Waals surface area contributed by atoms with Gasteiger partial charge in [-0.25, -0.2) is 4.39 Å². The van der Waals surface area contributed by atoms with Crippen molar-refractivity contribution in [2.75, 3.05) is 7.05 Å². The summed E-state index contributed by atoms with van der Waals surface area (Å²) in [5.74, 6) is -1.46. The summed E-state index contributed by atoms with van der Waals surface area (Å²) in [7, 11) is 1.56. The molecule has 3 rings (SSSR count). The van der Waals surface area contributed by atoms with Gasteiger partial charge >= 0.3 is 0 Å². The lowest BCUT2D eigenvalue weighted by Crippen LogP contribution is -2.29. The summed E-state index contributed by atoms with van der Waals surface area (Å²) in [6.07, 6.45) is 4.88. The molecule has 2 aliphatic rings. The highest BCUT2D eigenvalue weighted by Crippen LogP contribution is 2.49. The van der Waals surface area contributed by atoms with Crippen molar-refractivity contribution in [1.82, 2.24) is 15.2 Å². The van der Waals surface area contributed by atoms with Gasteiger partial charge in [-0.05, 0) is 12.5 Å². The van der Waals surface area contributed by atoms with Gasteiger partial charge in [0, 0.05) is 25.4 Å². The minimum absolute atomic E-state index is 0.0662. The third-order valence-electron chi connectivity index (χ3n) is 4.70. The van der Waals surface area contributed by atoms with Crippen LogP contribution in [0.2, 0.25) is 5.02 Å². The number of fused-ring (bicyclic) bond motifs is 1. The lowest BCUT2D eigenvalue weighted by molar-refractivity contribution is -0.133. The van der Waals surface area contributed by atoms with E-state index in [-0.39, 0.29) is 28.1 Å². The van der Waals surface area contributed by atoms with Gasteiger partial charge in [0.2, 0.25) is 5.91 Å². The maximum Gasteiger partial charge on any atom is 0.257 e. The zero-order valence-corrected chi connectivity index (χ0v) is 14.3. The van der Waals surface area contributed by atoms with Crippen molar-refractivity contribution in [2.45, 2.75) is 20.3 Å². The SMILES string of the molecule is CN1C(=O)C(C)(C)C2CC=C(NC(=O)c3ccncc3Cl)C(F)=C21. The second-order valence-electron chi connectivity index (χ2n) is 6.50. The van der Waals surface area contributed by atoms with Crippen LogP contribution in [0, 0.1) is 11.3 Å². The van der Waals surface area contributed by atoms with E-state index in [2.05, 4.69) is 10.3 Å². The van der Waals surface area contributed by atoms with Gasteiger partial charge in [-0.2, -0.15) is 0 Å². The lowest BCUT2D eigenvalue weighted by atomic mass is 9.76. The number of hydrogen-bond acceptors (Lipinski definition) is 3. The molecule has 1 atom stereocenters. The molecule has 7 heteroatoms. The zero-order chi connectivity index (χ0) is 17.6. The molecule has 2 heterocycles. The average Bonchev–Trinajstić information content (AvgIpc) is 2.71. The Hall–Kier alpha value is -2.21. The summed E-state index contributed by atoms with van der Waals surface area (Å²) in [6.45, 7) is 3.62.